The van der Waals surface area contributed by atoms with Crippen LogP contribution in [-0.2, 0) is 0 Å². The van der Waals surface area contributed by atoms with E-state index in [2.05, 4.69) is 52.0 Å². The van der Waals surface area contributed by atoms with Crippen LogP contribution in [0.2, 0.25) is 0 Å². The van der Waals surface area contributed by atoms with Crippen molar-refractivity contribution >= 4 is 28.4 Å². The summed E-state index contributed by atoms with van der Waals surface area (Å²) >= 11 is 1.85. The Kier molecular flexibility index (Phi) is 2.49. The van der Waals surface area contributed by atoms with Crippen molar-refractivity contribution in [1.29, 1.82) is 0 Å². The lowest BCUT2D eigenvalue weighted by atomic mass is 10.00. The monoisotopic (exact) mass is 303 g/mol. The number of nitrogens with one attached hydrogen (secondary N) is 2. The van der Waals surface area contributed by atoms with Gasteiger partial charge < -0.3 is 10.6 Å². The molecular formula is C18H13N3S. The van der Waals surface area contributed by atoms with Crippen LogP contribution in [0.4, 0.5) is 5.69 Å². The summed E-state index contributed by atoms with van der Waals surface area (Å²) in [5.74, 6) is 0. The van der Waals surface area contributed by atoms with Gasteiger partial charge in [0.15, 0.2) is 0 Å². The summed E-state index contributed by atoms with van der Waals surface area (Å²) in [6.45, 7) is 0. The van der Waals surface area contributed by atoms with Gasteiger partial charge in [0.2, 0.25) is 0 Å². The minimum absolute atomic E-state index is 0.931. The van der Waals surface area contributed by atoms with Gasteiger partial charge in [-0.1, -0.05) is 30.0 Å². The number of hydrogen-bond donors (Lipinski definition) is 2. The zero-order valence-corrected chi connectivity index (χ0v) is 12.6. The molecule has 0 saturated heterocycles. The molecule has 0 unspecified atom stereocenters. The second-order valence-corrected chi connectivity index (χ2v) is 6.47. The maximum Gasteiger partial charge on any atom is 0.0714 e. The average Bonchev–Trinajstić information content (AvgIpc) is 2.60. The first kappa shape index (κ1) is 12.1. The Hall–Kier alpha value is -2.46. The van der Waals surface area contributed by atoms with Crippen LogP contribution in [0.5, 0.6) is 0 Å². The number of aromatic nitrogens is 1. The largest absolute Gasteiger partial charge is 0.361 e. The highest BCUT2D eigenvalue weighted by Crippen LogP contribution is 2.49. The minimum Gasteiger partial charge on any atom is -0.361 e. The molecule has 3 heterocycles. The Morgan fingerprint density at radius 2 is 2.18 bits per heavy atom. The number of benzene rings is 1. The fraction of sp³-hybridized carbons (Fsp3) is 0.0556. The highest BCUT2D eigenvalue weighted by molar-refractivity contribution is 8.03. The number of anilines is 1. The standard InChI is InChI=1S/C18H13N3S/c1-3-11-13(19-9-1)5-7-15-17(11)22-18-12-4-2-10-20-14(12)6-8-16(18)21-15/h1-7,9-10,20-21H,8H2. The van der Waals surface area contributed by atoms with Gasteiger partial charge in [-0.2, -0.15) is 0 Å². The number of hydrogen-bond acceptors (Lipinski definition) is 4. The Balaban J connectivity index is 1.68. The quantitative estimate of drug-likeness (QED) is 0.761. The maximum atomic E-state index is 4.47. The van der Waals surface area contributed by atoms with E-state index in [1.807, 2.05) is 30.2 Å². The zero-order valence-electron chi connectivity index (χ0n) is 11.8. The number of thioether (sulfide) groups is 1. The fourth-order valence-electron chi connectivity index (χ4n) is 3.10. The molecule has 2 aromatic rings. The summed E-state index contributed by atoms with van der Waals surface area (Å²) in [5, 5.41) is 8.17. The number of dihydropyridines is 1. The van der Waals surface area contributed by atoms with E-state index < -0.39 is 0 Å². The highest BCUT2D eigenvalue weighted by atomic mass is 32.2. The van der Waals surface area contributed by atoms with E-state index >= 15 is 0 Å². The molecule has 0 fully saturated rings. The molecule has 3 nitrogen and oxygen atoms in total. The second-order valence-electron chi connectivity index (χ2n) is 5.45. The molecule has 0 atom stereocenters. The molecule has 0 radical (unpaired) electrons. The van der Waals surface area contributed by atoms with Crippen LogP contribution in [-0.4, -0.2) is 4.98 Å². The fourth-order valence-corrected chi connectivity index (χ4v) is 4.36. The molecule has 5 rings (SSSR count). The number of fused-ring (bicyclic) bond motifs is 5. The lowest BCUT2D eigenvalue weighted by Crippen LogP contribution is -2.19. The first-order valence-electron chi connectivity index (χ1n) is 7.30. The summed E-state index contributed by atoms with van der Waals surface area (Å²) < 4.78 is 0. The van der Waals surface area contributed by atoms with Crippen LogP contribution >= 0.6 is 11.8 Å². The van der Waals surface area contributed by atoms with Gasteiger partial charge in [0.25, 0.3) is 0 Å². The van der Waals surface area contributed by atoms with Crippen molar-refractivity contribution in [2.45, 2.75) is 11.3 Å². The first-order valence-corrected chi connectivity index (χ1v) is 8.12. The van der Waals surface area contributed by atoms with Crippen molar-refractivity contribution in [3.8, 4) is 0 Å². The average molecular weight is 303 g/mol. The predicted octanol–water partition coefficient (Wildman–Crippen LogP) is 4.29. The molecule has 0 bridgehead atoms. The number of allylic oxidation sites excluding steroid dienone is 4. The predicted molar refractivity (Wildman–Crippen MR) is 91.3 cm³/mol. The Labute approximate surface area is 132 Å². The summed E-state index contributed by atoms with van der Waals surface area (Å²) in [6.07, 6.45) is 11.2. The van der Waals surface area contributed by atoms with Crippen molar-refractivity contribution in [3.63, 3.8) is 0 Å². The number of rotatable bonds is 0. The molecule has 2 N–H and O–H groups in total. The van der Waals surface area contributed by atoms with Crippen LogP contribution in [0, 0.1) is 0 Å². The lowest BCUT2D eigenvalue weighted by molar-refractivity contribution is 1.00. The summed E-state index contributed by atoms with van der Waals surface area (Å²) in [5.41, 5.74) is 5.99. The van der Waals surface area contributed by atoms with Gasteiger partial charge in [-0.3, -0.25) is 4.98 Å². The van der Waals surface area contributed by atoms with E-state index in [0.29, 0.717) is 0 Å². The molecule has 1 aromatic carbocycles. The summed E-state index contributed by atoms with van der Waals surface area (Å²) in [7, 11) is 0. The second kappa shape index (κ2) is 4.52. The molecule has 4 heteroatoms. The van der Waals surface area contributed by atoms with Crippen molar-refractivity contribution in [3.05, 3.63) is 76.8 Å². The van der Waals surface area contributed by atoms with Crippen LogP contribution in [0.3, 0.4) is 0 Å². The molecule has 22 heavy (non-hydrogen) atoms. The van der Waals surface area contributed by atoms with E-state index in [0.717, 1.165) is 11.9 Å². The highest BCUT2D eigenvalue weighted by Gasteiger charge is 2.27. The molecule has 2 aliphatic heterocycles. The first-order chi connectivity index (χ1) is 10.9. The van der Waals surface area contributed by atoms with E-state index in [1.165, 1.54) is 37.8 Å². The molecule has 1 aliphatic carbocycles. The minimum atomic E-state index is 0.931. The molecule has 0 saturated carbocycles. The smallest absolute Gasteiger partial charge is 0.0714 e. The van der Waals surface area contributed by atoms with Gasteiger partial charge in [-0.05, 0) is 24.3 Å². The van der Waals surface area contributed by atoms with Crippen molar-refractivity contribution < 1.29 is 0 Å². The third-order valence-electron chi connectivity index (χ3n) is 4.14. The third kappa shape index (κ3) is 1.67. The van der Waals surface area contributed by atoms with Gasteiger partial charge in [0.05, 0.1) is 11.2 Å². The van der Waals surface area contributed by atoms with Crippen LogP contribution in [0.15, 0.2) is 81.7 Å². The number of nitrogens with zero attached hydrogens (tertiary/aromatic N) is 1. The van der Waals surface area contributed by atoms with Crippen molar-refractivity contribution in [2.75, 3.05) is 5.32 Å². The molecular weight excluding hydrogens is 290 g/mol. The van der Waals surface area contributed by atoms with Gasteiger partial charge in [-0.25, -0.2) is 0 Å². The molecule has 3 aliphatic rings. The van der Waals surface area contributed by atoms with Gasteiger partial charge in [0.1, 0.15) is 0 Å². The molecule has 106 valence electrons. The van der Waals surface area contributed by atoms with Gasteiger partial charge in [-0.15, -0.1) is 0 Å². The summed E-state index contributed by atoms with van der Waals surface area (Å²) in [4.78, 5) is 7.05. The SMILES string of the molecule is C1=CNC2=CCC3=C(Sc4c(ccc5ncccc45)N3)C2=C1. The van der Waals surface area contributed by atoms with E-state index in [9.17, 15) is 0 Å². The normalized spacial score (nSPS) is 18.5. The lowest BCUT2D eigenvalue weighted by Gasteiger charge is -2.30. The maximum absolute atomic E-state index is 4.47. The van der Waals surface area contributed by atoms with Crippen LogP contribution in [0.1, 0.15) is 6.42 Å². The topological polar surface area (TPSA) is 37.0 Å². The Bertz CT molecular complexity index is 934. The van der Waals surface area contributed by atoms with Crippen LogP contribution in [0.25, 0.3) is 10.9 Å². The van der Waals surface area contributed by atoms with Gasteiger partial charge in [0, 0.05) is 51.0 Å². The van der Waals surface area contributed by atoms with Crippen LogP contribution < -0.4 is 10.6 Å². The van der Waals surface area contributed by atoms with E-state index in [-0.39, 0.29) is 0 Å². The third-order valence-corrected chi connectivity index (χ3v) is 5.46. The Morgan fingerprint density at radius 3 is 3.18 bits per heavy atom. The summed E-state index contributed by atoms with van der Waals surface area (Å²) in [6, 6.07) is 8.37. The molecule has 0 amide bonds. The zero-order chi connectivity index (χ0) is 14.5. The van der Waals surface area contributed by atoms with Gasteiger partial charge >= 0.3 is 0 Å². The molecule has 0 spiro atoms. The number of pyridine rings is 1. The Morgan fingerprint density at radius 1 is 1.18 bits per heavy atom. The van der Waals surface area contributed by atoms with Crippen molar-refractivity contribution in [2.24, 2.45) is 0 Å². The van der Waals surface area contributed by atoms with Crippen molar-refractivity contribution in [1.82, 2.24) is 10.3 Å². The molecule has 1 aromatic heterocycles. The van der Waals surface area contributed by atoms with E-state index in [1.54, 1.807) is 0 Å². The van der Waals surface area contributed by atoms with E-state index in [4.69, 9.17) is 0 Å².